The van der Waals surface area contributed by atoms with Gasteiger partial charge in [-0.1, -0.05) is 11.6 Å². The SMILES string of the molecule is NCCOc1ccc(Cl)cc1C(=O)NC1CCN(c2cnccn2)CC1. The summed E-state index contributed by atoms with van der Waals surface area (Å²) in [6, 6.07) is 5.11. The summed E-state index contributed by atoms with van der Waals surface area (Å²) in [6.07, 6.45) is 6.77. The molecule has 1 saturated heterocycles. The number of ether oxygens (including phenoxy) is 1. The largest absolute Gasteiger partial charge is 0.491 e. The van der Waals surface area contributed by atoms with Crippen molar-refractivity contribution in [3.63, 3.8) is 0 Å². The molecule has 1 fully saturated rings. The Morgan fingerprint density at radius 1 is 1.35 bits per heavy atom. The van der Waals surface area contributed by atoms with Gasteiger partial charge in [0.15, 0.2) is 0 Å². The summed E-state index contributed by atoms with van der Waals surface area (Å²) in [4.78, 5) is 23.3. The van der Waals surface area contributed by atoms with E-state index in [1.807, 2.05) is 0 Å². The number of carbonyl (C=O) groups excluding carboxylic acids is 1. The highest BCUT2D eigenvalue weighted by Gasteiger charge is 2.23. The molecule has 1 aromatic carbocycles. The van der Waals surface area contributed by atoms with E-state index < -0.39 is 0 Å². The lowest BCUT2D eigenvalue weighted by atomic mass is 10.0. The highest BCUT2D eigenvalue weighted by atomic mass is 35.5. The van der Waals surface area contributed by atoms with Gasteiger partial charge in [-0.3, -0.25) is 9.78 Å². The Kier molecular flexibility index (Phi) is 6.25. The number of halogens is 1. The first-order valence-corrected chi connectivity index (χ1v) is 8.99. The summed E-state index contributed by atoms with van der Waals surface area (Å²) in [5.41, 5.74) is 5.91. The summed E-state index contributed by atoms with van der Waals surface area (Å²) in [5, 5.41) is 3.57. The maximum atomic E-state index is 12.7. The van der Waals surface area contributed by atoms with Crippen LogP contribution in [-0.4, -0.2) is 48.2 Å². The van der Waals surface area contributed by atoms with Crippen LogP contribution in [0.4, 0.5) is 5.82 Å². The van der Waals surface area contributed by atoms with Crippen LogP contribution in [0.1, 0.15) is 23.2 Å². The van der Waals surface area contributed by atoms with Gasteiger partial charge in [0.05, 0.1) is 11.8 Å². The summed E-state index contributed by atoms with van der Waals surface area (Å²) < 4.78 is 5.56. The fourth-order valence-electron chi connectivity index (χ4n) is 2.94. The van der Waals surface area contributed by atoms with Crippen molar-refractivity contribution in [2.45, 2.75) is 18.9 Å². The zero-order valence-electron chi connectivity index (χ0n) is 14.4. The van der Waals surface area contributed by atoms with Crippen molar-refractivity contribution in [3.8, 4) is 5.75 Å². The predicted octanol–water partition coefficient (Wildman–Crippen LogP) is 1.87. The Labute approximate surface area is 157 Å². The standard InChI is InChI=1S/C18H22ClN5O2/c19-13-1-2-16(26-10-5-20)15(11-13)18(25)23-14-3-8-24(9-4-14)17-12-21-6-7-22-17/h1-2,6-7,11-12,14H,3-5,8-10,20H2,(H,23,25). The Bertz CT molecular complexity index is 736. The van der Waals surface area contributed by atoms with E-state index in [0.717, 1.165) is 31.7 Å². The molecule has 1 amide bonds. The van der Waals surface area contributed by atoms with Gasteiger partial charge in [0.2, 0.25) is 0 Å². The van der Waals surface area contributed by atoms with Crippen LogP contribution in [0.2, 0.25) is 5.02 Å². The summed E-state index contributed by atoms with van der Waals surface area (Å²) in [5.74, 6) is 1.18. The third kappa shape index (κ3) is 4.62. The van der Waals surface area contributed by atoms with E-state index in [1.54, 1.807) is 36.8 Å². The molecule has 3 N–H and O–H groups in total. The number of rotatable bonds is 6. The monoisotopic (exact) mass is 375 g/mol. The highest BCUT2D eigenvalue weighted by Crippen LogP contribution is 2.24. The number of nitrogens with zero attached hydrogens (tertiary/aromatic N) is 3. The fraction of sp³-hybridized carbons (Fsp3) is 0.389. The van der Waals surface area contributed by atoms with E-state index >= 15 is 0 Å². The van der Waals surface area contributed by atoms with Crippen LogP contribution in [0.5, 0.6) is 5.75 Å². The Balaban J connectivity index is 1.60. The molecule has 0 bridgehead atoms. The number of nitrogens with two attached hydrogens (primary N) is 1. The number of benzene rings is 1. The second kappa shape index (κ2) is 8.82. The van der Waals surface area contributed by atoms with Crippen LogP contribution in [-0.2, 0) is 0 Å². The lowest BCUT2D eigenvalue weighted by Gasteiger charge is -2.33. The number of amides is 1. The normalized spacial score (nSPS) is 14.9. The molecule has 8 heteroatoms. The van der Waals surface area contributed by atoms with Crippen LogP contribution in [0, 0.1) is 0 Å². The van der Waals surface area contributed by atoms with Crippen LogP contribution in [0.25, 0.3) is 0 Å². The van der Waals surface area contributed by atoms with Crippen molar-refractivity contribution in [3.05, 3.63) is 47.4 Å². The van der Waals surface area contributed by atoms with Gasteiger partial charge in [-0.2, -0.15) is 0 Å². The quantitative estimate of drug-likeness (QED) is 0.800. The maximum absolute atomic E-state index is 12.7. The van der Waals surface area contributed by atoms with Gasteiger partial charge in [-0.15, -0.1) is 0 Å². The molecule has 1 aliphatic rings. The minimum absolute atomic E-state index is 0.0942. The van der Waals surface area contributed by atoms with E-state index in [-0.39, 0.29) is 11.9 Å². The third-order valence-electron chi connectivity index (χ3n) is 4.27. The molecular formula is C18H22ClN5O2. The molecule has 2 aromatic rings. The van der Waals surface area contributed by atoms with Crippen LogP contribution >= 0.6 is 11.6 Å². The topological polar surface area (TPSA) is 93.4 Å². The zero-order chi connectivity index (χ0) is 18.4. The van der Waals surface area contributed by atoms with Crippen LogP contribution in [0.15, 0.2) is 36.8 Å². The van der Waals surface area contributed by atoms with Crippen molar-refractivity contribution in [2.75, 3.05) is 31.1 Å². The van der Waals surface area contributed by atoms with E-state index in [4.69, 9.17) is 22.1 Å². The van der Waals surface area contributed by atoms with E-state index in [0.29, 0.717) is 29.5 Å². The third-order valence-corrected chi connectivity index (χ3v) is 4.50. The first-order chi connectivity index (χ1) is 12.7. The van der Waals surface area contributed by atoms with E-state index in [2.05, 4.69) is 20.2 Å². The molecular weight excluding hydrogens is 354 g/mol. The summed E-state index contributed by atoms with van der Waals surface area (Å²) >= 11 is 6.04. The molecule has 0 spiro atoms. The van der Waals surface area contributed by atoms with Crippen molar-refractivity contribution in [1.82, 2.24) is 15.3 Å². The highest BCUT2D eigenvalue weighted by molar-refractivity contribution is 6.31. The van der Waals surface area contributed by atoms with Gasteiger partial charge in [0.1, 0.15) is 18.2 Å². The predicted molar refractivity (Wildman–Crippen MR) is 101 cm³/mol. The maximum Gasteiger partial charge on any atom is 0.255 e. The average molecular weight is 376 g/mol. The number of anilines is 1. The molecule has 1 aliphatic heterocycles. The number of hydrogen-bond acceptors (Lipinski definition) is 6. The minimum Gasteiger partial charge on any atom is -0.491 e. The van der Waals surface area contributed by atoms with Crippen molar-refractivity contribution < 1.29 is 9.53 Å². The summed E-state index contributed by atoms with van der Waals surface area (Å²) in [6.45, 7) is 2.36. The molecule has 2 heterocycles. The minimum atomic E-state index is -0.183. The van der Waals surface area contributed by atoms with Crippen molar-refractivity contribution in [1.29, 1.82) is 0 Å². The molecule has 26 heavy (non-hydrogen) atoms. The van der Waals surface area contributed by atoms with E-state index in [1.165, 1.54) is 0 Å². The summed E-state index contributed by atoms with van der Waals surface area (Å²) in [7, 11) is 0. The number of hydrogen-bond donors (Lipinski definition) is 2. The van der Waals surface area contributed by atoms with Gasteiger partial charge in [0, 0.05) is 43.1 Å². The van der Waals surface area contributed by atoms with E-state index in [9.17, 15) is 4.79 Å². The molecule has 1 aromatic heterocycles. The Morgan fingerprint density at radius 3 is 2.85 bits per heavy atom. The average Bonchev–Trinajstić information content (AvgIpc) is 2.68. The fourth-order valence-corrected chi connectivity index (χ4v) is 3.12. The molecule has 0 aliphatic carbocycles. The molecule has 0 unspecified atom stereocenters. The van der Waals surface area contributed by atoms with Crippen LogP contribution in [0.3, 0.4) is 0 Å². The van der Waals surface area contributed by atoms with Gasteiger partial charge in [-0.25, -0.2) is 4.98 Å². The number of piperidine rings is 1. The smallest absolute Gasteiger partial charge is 0.255 e. The van der Waals surface area contributed by atoms with Crippen LogP contribution < -0.4 is 20.7 Å². The number of carbonyl (C=O) groups is 1. The lowest BCUT2D eigenvalue weighted by molar-refractivity contribution is 0.0927. The first kappa shape index (κ1) is 18.4. The molecule has 0 atom stereocenters. The second-order valence-corrected chi connectivity index (χ2v) is 6.51. The Hall–Kier alpha value is -2.38. The lowest BCUT2D eigenvalue weighted by Crippen LogP contribution is -2.45. The first-order valence-electron chi connectivity index (χ1n) is 8.61. The molecule has 138 valence electrons. The number of nitrogens with one attached hydrogen (secondary N) is 1. The molecule has 3 rings (SSSR count). The molecule has 0 radical (unpaired) electrons. The van der Waals surface area contributed by atoms with Crippen molar-refractivity contribution >= 4 is 23.3 Å². The molecule has 0 saturated carbocycles. The van der Waals surface area contributed by atoms with Gasteiger partial charge < -0.3 is 20.7 Å². The van der Waals surface area contributed by atoms with Gasteiger partial charge in [-0.05, 0) is 31.0 Å². The second-order valence-electron chi connectivity index (χ2n) is 6.08. The zero-order valence-corrected chi connectivity index (χ0v) is 15.2. The van der Waals surface area contributed by atoms with Gasteiger partial charge >= 0.3 is 0 Å². The van der Waals surface area contributed by atoms with Gasteiger partial charge in [0.25, 0.3) is 5.91 Å². The Morgan fingerprint density at radius 2 is 2.15 bits per heavy atom. The number of aromatic nitrogens is 2. The van der Waals surface area contributed by atoms with Crippen molar-refractivity contribution in [2.24, 2.45) is 5.73 Å². The molecule has 7 nitrogen and oxygen atoms in total.